The first-order chi connectivity index (χ1) is 15.2. The molecule has 8 nitrogen and oxygen atoms in total. The number of aliphatic imine (C=N–C) groups is 1. The number of nitrogens with zero attached hydrogens (tertiary/aromatic N) is 5. The SMILES string of the molecule is CCNC(=NCc1ccc(CN2CCCC2)cc1)NC1CCc2nc(COC)nn2C1. The van der Waals surface area contributed by atoms with Crippen LogP contribution in [-0.4, -0.2) is 58.4 Å². The summed E-state index contributed by atoms with van der Waals surface area (Å²) in [5, 5.41) is 11.5. The minimum Gasteiger partial charge on any atom is -0.377 e. The van der Waals surface area contributed by atoms with Gasteiger partial charge in [-0.2, -0.15) is 5.10 Å². The molecule has 1 saturated heterocycles. The number of benzene rings is 1. The van der Waals surface area contributed by atoms with Gasteiger partial charge >= 0.3 is 0 Å². The molecular weight excluding hydrogens is 390 g/mol. The van der Waals surface area contributed by atoms with E-state index in [9.17, 15) is 0 Å². The van der Waals surface area contributed by atoms with Crippen LogP contribution in [-0.2, 0) is 37.4 Å². The maximum absolute atomic E-state index is 5.16. The van der Waals surface area contributed by atoms with Crippen LogP contribution in [0, 0.1) is 0 Å². The standard InChI is InChI=1S/C23H35N7O/c1-3-24-23(26-20-10-11-22-27-21(17-31-2)28-30(22)16-20)25-14-18-6-8-19(9-7-18)15-29-12-4-5-13-29/h6-9,20H,3-5,10-17H2,1-2H3,(H2,24,25,26). The summed E-state index contributed by atoms with van der Waals surface area (Å²) >= 11 is 0. The van der Waals surface area contributed by atoms with E-state index >= 15 is 0 Å². The summed E-state index contributed by atoms with van der Waals surface area (Å²) in [6.45, 7) is 8.37. The van der Waals surface area contributed by atoms with Crippen molar-refractivity contribution in [1.82, 2.24) is 30.3 Å². The van der Waals surface area contributed by atoms with E-state index in [1.54, 1.807) is 7.11 Å². The van der Waals surface area contributed by atoms with Gasteiger partial charge in [0.2, 0.25) is 0 Å². The van der Waals surface area contributed by atoms with Crippen LogP contribution in [0.15, 0.2) is 29.3 Å². The topological polar surface area (TPSA) is 79.6 Å². The van der Waals surface area contributed by atoms with Crippen LogP contribution in [0.2, 0.25) is 0 Å². The predicted octanol–water partition coefficient (Wildman–Crippen LogP) is 2.09. The molecule has 1 atom stereocenters. The van der Waals surface area contributed by atoms with Crippen LogP contribution in [0.3, 0.4) is 0 Å². The van der Waals surface area contributed by atoms with E-state index < -0.39 is 0 Å². The first-order valence-electron chi connectivity index (χ1n) is 11.5. The van der Waals surface area contributed by atoms with E-state index in [2.05, 4.69) is 56.8 Å². The van der Waals surface area contributed by atoms with Crippen molar-refractivity contribution in [2.45, 2.75) is 64.9 Å². The van der Waals surface area contributed by atoms with Crippen LogP contribution >= 0.6 is 0 Å². The third kappa shape index (κ3) is 6.04. The smallest absolute Gasteiger partial charge is 0.191 e. The van der Waals surface area contributed by atoms with Gasteiger partial charge in [-0.15, -0.1) is 0 Å². The number of likely N-dealkylation sites (tertiary alicyclic amines) is 1. The second kappa shape index (κ2) is 10.7. The first-order valence-corrected chi connectivity index (χ1v) is 11.5. The van der Waals surface area contributed by atoms with Crippen molar-refractivity contribution in [2.24, 2.45) is 4.99 Å². The summed E-state index contributed by atoms with van der Waals surface area (Å²) in [4.78, 5) is 11.9. The fourth-order valence-corrected chi connectivity index (χ4v) is 4.30. The summed E-state index contributed by atoms with van der Waals surface area (Å²) in [6.07, 6.45) is 4.59. The lowest BCUT2D eigenvalue weighted by molar-refractivity contribution is 0.177. The Morgan fingerprint density at radius 2 is 1.97 bits per heavy atom. The van der Waals surface area contributed by atoms with Crippen LogP contribution in [0.25, 0.3) is 0 Å². The molecule has 168 valence electrons. The molecule has 31 heavy (non-hydrogen) atoms. The van der Waals surface area contributed by atoms with E-state index in [-0.39, 0.29) is 6.04 Å². The predicted molar refractivity (Wildman–Crippen MR) is 122 cm³/mol. The Morgan fingerprint density at radius 1 is 1.19 bits per heavy atom. The van der Waals surface area contributed by atoms with Gasteiger partial charge in [0.15, 0.2) is 11.8 Å². The minimum absolute atomic E-state index is 0.283. The van der Waals surface area contributed by atoms with Crippen LogP contribution < -0.4 is 10.6 Å². The summed E-state index contributed by atoms with van der Waals surface area (Å²) in [7, 11) is 1.67. The molecule has 0 bridgehead atoms. The molecule has 0 amide bonds. The van der Waals surface area contributed by atoms with Crippen molar-refractivity contribution in [2.75, 3.05) is 26.7 Å². The summed E-state index contributed by atoms with van der Waals surface area (Å²) in [6, 6.07) is 9.18. The normalized spacial score (nSPS) is 19.4. The average Bonchev–Trinajstić information content (AvgIpc) is 3.42. The number of fused-ring (bicyclic) bond motifs is 1. The van der Waals surface area contributed by atoms with Gasteiger partial charge < -0.3 is 15.4 Å². The molecule has 1 aromatic carbocycles. The number of rotatable bonds is 8. The number of guanidine groups is 1. The number of ether oxygens (including phenoxy) is 1. The highest BCUT2D eigenvalue weighted by molar-refractivity contribution is 5.80. The molecule has 2 aliphatic rings. The summed E-state index contributed by atoms with van der Waals surface area (Å²) in [5.41, 5.74) is 2.62. The van der Waals surface area contributed by atoms with Crippen LogP contribution in [0.1, 0.15) is 49.0 Å². The van der Waals surface area contributed by atoms with Crippen molar-refractivity contribution in [3.8, 4) is 0 Å². The Hall–Kier alpha value is -2.45. The highest BCUT2D eigenvalue weighted by atomic mass is 16.5. The molecule has 2 aliphatic heterocycles. The number of hydrogen-bond donors (Lipinski definition) is 2. The fourth-order valence-electron chi connectivity index (χ4n) is 4.30. The molecule has 8 heteroatoms. The van der Waals surface area contributed by atoms with Gasteiger partial charge in [0, 0.05) is 32.7 Å². The zero-order chi connectivity index (χ0) is 21.5. The zero-order valence-electron chi connectivity index (χ0n) is 18.8. The first kappa shape index (κ1) is 21.8. The van der Waals surface area contributed by atoms with Crippen molar-refractivity contribution in [3.63, 3.8) is 0 Å². The lowest BCUT2D eigenvalue weighted by Crippen LogP contribution is -2.47. The van der Waals surface area contributed by atoms with E-state index in [1.165, 1.54) is 37.1 Å². The van der Waals surface area contributed by atoms with Crippen molar-refractivity contribution >= 4 is 5.96 Å². The number of aryl methyl sites for hydroxylation is 1. The monoisotopic (exact) mass is 425 g/mol. The summed E-state index contributed by atoms with van der Waals surface area (Å²) < 4.78 is 7.16. The zero-order valence-corrected chi connectivity index (χ0v) is 18.8. The van der Waals surface area contributed by atoms with Crippen LogP contribution in [0.4, 0.5) is 0 Å². The maximum atomic E-state index is 5.16. The Morgan fingerprint density at radius 3 is 2.71 bits per heavy atom. The highest BCUT2D eigenvalue weighted by Gasteiger charge is 2.22. The second-order valence-electron chi connectivity index (χ2n) is 8.43. The lowest BCUT2D eigenvalue weighted by atomic mass is 10.1. The van der Waals surface area contributed by atoms with Gasteiger partial charge in [-0.25, -0.2) is 14.7 Å². The van der Waals surface area contributed by atoms with E-state index in [0.717, 1.165) is 50.1 Å². The minimum atomic E-state index is 0.283. The molecule has 0 spiro atoms. The third-order valence-corrected chi connectivity index (χ3v) is 5.91. The van der Waals surface area contributed by atoms with Gasteiger partial charge in [0.1, 0.15) is 12.4 Å². The van der Waals surface area contributed by atoms with E-state index in [1.807, 2.05) is 4.68 Å². The third-order valence-electron chi connectivity index (χ3n) is 5.91. The molecule has 0 radical (unpaired) electrons. The fraction of sp³-hybridized carbons (Fsp3) is 0.609. The van der Waals surface area contributed by atoms with E-state index in [4.69, 9.17) is 9.73 Å². The Labute approximate surface area is 185 Å². The van der Waals surface area contributed by atoms with Gasteiger partial charge in [-0.1, -0.05) is 24.3 Å². The summed E-state index contributed by atoms with van der Waals surface area (Å²) in [5.74, 6) is 2.65. The second-order valence-corrected chi connectivity index (χ2v) is 8.43. The van der Waals surface area contributed by atoms with Gasteiger partial charge in [-0.3, -0.25) is 4.90 Å². The Bertz CT molecular complexity index is 855. The molecule has 2 aromatic rings. The quantitative estimate of drug-likeness (QED) is 0.498. The Balaban J connectivity index is 1.32. The molecule has 0 saturated carbocycles. The maximum Gasteiger partial charge on any atom is 0.191 e. The Kier molecular flexibility index (Phi) is 7.53. The largest absolute Gasteiger partial charge is 0.377 e. The van der Waals surface area contributed by atoms with Gasteiger partial charge in [-0.05, 0) is 50.4 Å². The van der Waals surface area contributed by atoms with Gasteiger partial charge in [0.25, 0.3) is 0 Å². The molecule has 2 N–H and O–H groups in total. The number of nitrogens with one attached hydrogen (secondary N) is 2. The van der Waals surface area contributed by atoms with Crippen LogP contribution in [0.5, 0.6) is 0 Å². The molecule has 3 heterocycles. The number of methoxy groups -OCH3 is 1. The molecular formula is C23H35N7O. The lowest BCUT2D eigenvalue weighted by Gasteiger charge is -2.25. The number of aromatic nitrogens is 3. The van der Waals surface area contributed by atoms with Crippen molar-refractivity contribution in [3.05, 3.63) is 47.0 Å². The van der Waals surface area contributed by atoms with Crippen molar-refractivity contribution in [1.29, 1.82) is 0 Å². The molecule has 0 aliphatic carbocycles. The van der Waals surface area contributed by atoms with E-state index in [0.29, 0.717) is 13.2 Å². The number of hydrogen-bond acceptors (Lipinski definition) is 5. The molecule has 1 fully saturated rings. The van der Waals surface area contributed by atoms with Gasteiger partial charge in [0.05, 0.1) is 13.1 Å². The molecule has 1 aromatic heterocycles. The highest BCUT2D eigenvalue weighted by Crippen LogP contribution is 2.15. The molecule has 4 rings (SSSR count). The molecule has 1 unspecified atom stereocenters. The van der Waals surface area contributed by atoms with Crippen molar-refractivity contribution < 1.29 is 4.74 Å². The average molecular weight is 426 g/mol.